The molecule has 1 amide bonds. The first-order valence-electron chi connectivity index (χ1n) is 20.6. The summed E-state index contributed by atoms with van der Waals surface area (Å²) in [4.78, 5) is 12.9. The fraction of sp³-hybridized carbons (Fsp3) is 0.587. The van der Waals surface area contributed by atoms with Crippen LogP contribution in [0.25, 0.3) is 0 Å². The van der Waals surface area contributed by atoms with Gasteiger partial charge < -0.3 is 40.3 Å². The fourth-order valence-electron chi connectivity index (χ4n) is 5.49. The first-order chi connectivity index (χ1) is 26.8. The number of ether oxygens (including phenoxy) is 2. The van der Waals surface area contributed by atoms with Crippen LogP contribution in [0.3, 0.4) is 0 Å². The number of rotatable bonds is 31. The van der Waals surface area contributed by atoms with Crippen LogP contribution in [0, 0.1) is 0 Å². The monoisotopic (exact) mass is 768 g/mol. The molecule has 0 spiro atoms. The average molecular weight is 768 g/mol. The van der Waals surface area contributed by atoms with E-state index in [0.29, 0.717) is 12.8 Å². The number of unbranched alkanes of at least 4 members (excludes halogenated alkanes) is 5. The lowest BCUT2D eigenvalue weighted by molar-refractivity contribution is -0.302. The molecule has 0 aromatic carbocycles. The number of nitrogens with one attached hydrogen (secondary N) is 1. The average Bonchev–Trinajstić information content (AvgIpc) is 3.18. The zero-order valence-electron chi connectivity index (χ0n) is 33.6. The minimum atomic E-state index is -1.59. The highest BCUT2D eigenvalue weighted by Crippen LogP contribution is 2.22. The summed E-state index contributed by atoms with van der Waals surface area (Å²) in [6.07, 6.45) is 44.2. The van der Waals surface area contributed by atoms with Crippen LogP contribution in [0.2, 0.25) is 0 Å². The van der Waals surface area contributed by atoms with Gasteiger partial charge in [-0.25, -0.2) is 0 Å². The number of hydrogen-bond donors (Lipinski definition) is 6. The summed E-state index contributed by atoms with van der Waals surface area (Å²) in [6, 6.07) is -0.857. The topological polar surface area (TPSA) is 149 Å². The van der Waals surface area contributed by atoms with Gasteiger partial charge in [0.25, 0.3) is 0 Å². The van der Waals surface area contributed by atoms with Gasteiger partial charge in [-0.05, 0) is 89.9 Å². The Kier molecular flexibility index (Phi) is 32.0. The molecule has 1 saturated heterocycles. The minimum absolute atomic E-state index is 0.232. The van der Waals surface area contributed by atoms with Crippen LogP contribution in [0.15, 0.2) is 109 Å². The molecule has 310 valence electrons. The van der Waals surface area contributed by atoms with E-state index >= 15 is 0 Å². The molecular weight excluding hydrogens is 695 g/mol. The van der Waals surface area contributed by atoms with Gasteiger partial charge in [0.1, 0.15) is 24.4 Å². The molecule has 0 aromatic heterocycles. The number of carbonyl (C=O) groups is 1. The molecular formula is C46H73NO8. The maximum Gasteiger partial charge on any atom is 0.220 e. The molecule has 55 heavy (non-hydrogen) atoms. The third kappa shape index (κ3) is 26.4. The van der Waals surface area contributed by atoms with Gasteiger partial charge in [0, 0.05) is 6.42 Å². The maximum atomic E-state index is 12.9. The number of aliphatic hydroxyl groups is 5. The Hall–Kier alpha value is -3.15. The van der Waals surface area contributed by atoms with Crippen molar-refractivity contribution in [1.29, 1.82) is 0 Å². The van der Waals surface area contributed by atoms with Crippen molar-refractivity contribution in [3.63, 3.8) is 0 Å². The van der Waals surface area contributed by atoms with Crippen molar-refractivity contribution in [2.75, 3.05) is 13.2 Å². The Labute approximate surface area is 332 Å². The Balaban J connectivity index is 2.46. The van der Waals surface area contributed by atoms with Crippen molar-refractivity contribution in [2.45, 2.75) is 159 Å². The van der Waals surface area contributed by atoms with E-state index in [1.54, 1.807) is 6.08 Å². The standard InChI is InChI=1S/C46H73NO8/c1-3-5-7-9-11-13-15-16-17-18-19-20-21-22-23-24-26-28-30-32-34-36-42(50)47-39(38-54-46-45(53)44(52)43(51)41(37-48)55-46)40(49)35-33-31-29-27-25-14-12-10-8-6-4-2/h5,7-8,10-11,13,16-17,19-20,22-23,25-28,33,35,39-41,43-46,48-49,51-53H,3-4,6,9,12,14-15,18,21,24,29-32,34,36-38H2,1-2H3,(H,47,50)/b7-5-,10-8+,13-11-,17-16-,20-19-,23-22-,27-25+,28-26-,35-33+. The SMILES string of the molecule is CC/C=C\C/C=C\C/C=C\C/C=C\C/C=C\C/C=C\CCCCC(=O)NC(COC1OC(CO)C(O)C(O)C1O)C(O)/C=C/CC/C=C/CC/C=C/CCC. The molecule has 0 radical (unpaired) electrons. The first-order valence-corrected chi connectivity index (χ1v) is 20.6. The molecule has 6 N–H and O–H groups in total. The Morgan fingerprint density at radius 3 is 1.65 bits per heavy atom. The van der Waals surface area contributed by atoms with E-state index in [9.17, 15) is 30.3 Å². The summed E-state index contributed by atoms with van der Waals surface area (Å²) in [5.74, 6) is -0.242. The normalized spacial score (nSPS) is 22.5. The Bertz CT molecular complexity index is 1210. The van der Waals surface area contributed by atoms with Gasteiger partial charge in [0.2, 0.25) is 5.91 Å². The van der Waals surface area contributed by atoms with E-state index in [4.69, 9.17) is 9.47 Å². The smallest absolute Gasteiger partial charge is 0.220 e. The van der Waals surface area contributed by atoms with Crippen molar-refractivity contribution in [3.05, 3.63) is 109 Å². The van der Waals surface area contributed by atoms with Gasteiger partial charge >= 0.3 is 0 Å². The Morgan fingerprint density at radius 1 is 0.636 bits per heavy atom. The van der Waals surface area contributed by atoms with Crippen LogP contribution < -0.4 is 5.32 Å². The quantitative estimate of drug-likeness (QED) is 0.0308. The highest BCUT2D eigenvalue weighted by molar-refractivity contribution is 5.76. The summed E-state index contributed by atoms with van der Waals surface area (Å²) < 4.78 is 11.1. The van der Waals surface area contributed by atoms with Crippen LogP contribution in [0.1, 0.15) is 117 Å². The Morgan fingerprint density at radius 2 is 1.13 bits per heavy atom. The van der Waals surface area contributed by atoms with E-state index in [0.717, 1.165) is 83.5 Å². The highest BCUT2D eigenvalue weighted by Gasteiger charge is 2.44. The lowest BCUT2D eigenvalue weighted by Crippen LogP contribution is -2.60. The second-order valence-electron chi connectivity index (χ2n) is 13.7. The minimum Gasteiger partial charge on any atom is -0.394 e. The van der Waals surface area contributed by atoms with Crippen LogP contribution in [-0.2, 0) is 14.3 Å². The molecule has 1 aliphatic rings. The van der Waals surface area contributed by atoms with E-state index in [1.165, 1.54) is 0 Å². The number of carbonyl (C=O) groups excluding carboxylic acids is 1. The number of allylic oxidation sites excluding steroid dienone is 17. The van der Waals surface area contributed by atoms with Gasteiger partial charge in [-0.15, -0.1) is 0 Å². The summed E-state index contributed by atoms with van der Waals surface area (Å²) >= 11 is 0. The third-order valence-corrected chi connectivity index (χ3v) is 8.79. The van der Waals surface area contributed by atoms with Crippen molar-refractivity contribution in [3.8, 4) is 0 Å². The van der Waals surface area contributed by atoms with E-state index < -0.39 is 49.5 Å². The number of hydrogen-bond acceptors (Lipinski definition) is 8. The van der Waals surface area contributed by atoms with Gasteiger partial charge in [0.05, 0.1) is 25.4 Å². The van der Waals surface area contributed by atoms with Gasteiger partial charge in [0.15, 0.2) is 6.29 Å². The molecule has 1 fully saturated rings. The van der Waals surface area contributed by atoms with Crippen LogP contribution in [-0.4, -0.2) is 87.5 Å². The molecule has 9 heteroatoms. The first kappa shape index (κ1) is 49.9. The molecule has 0 saturated carbocycles. The van der Waals surface area contributed by atoms with Crippen molar-refractivity contribution in [1.82, 2.24) is 5.32 Å². The molecule has 0 aliphatic carbocycles. The molecule has 0 aromatic rings. The van der Waals surface area contributed by atoms with Crippen molar-refractivity contribution >= 4 is 5.91 Å². The predicted octanol–water partition coefficient (Wildman–Crippen LogP) is 7.94. The zero-order valence-corrected chi connectivity index (χ0v) is 33.6. The fourth-order valence-corrected chi connectivity index (χ4v) is 5.49. The zero-order chi connectivity index (χ0) is 40.2. The van der Waals surface area contributed by atoms with Crippen molar-refractivity contribution in [2.24, 2.45) is 0 Å². The molecule has 1 aliphatic heterocycles. The summed E-state index contributed by atoms with van der Waals surface area (Å²) in [7, 11) is 0. The predicted molar refractivity (Wildman–Crippen MR) is 225 cm³/mol. The summed E-state index contributed by atoms with van der Waals surface area (Å²) in [5.41, 5.74) is 0. The molecule has 7 unspecified atom stereocenters. The second kappa shape index (κ2) is 35.3. The maximum absolute atomic E-state index is 12.9. The number of aliphatic hydroxyl groups excluding tert-OH is 5. The van der Waals surface area contributed by atoms with Crippen LogP contribution in [0.5, 0.6) is 0 Å². The molecule has 0 bridgehead atoms. The van der Waals surface area contributed by atoms with Gasteiger partial charge in [-0.3, -0.25) is 4.79 Å². The van der Waals surface area contributed by atoms with Gasteiger partial charge in [-0.1, -0.05) is 130 Å². The molecule has 7 atom stereocenters. The molecule has 1 heterocycles. The summed E-state index contributed by atoms with van der Waals surface area (Å²) in [6.45, 7) is 3.49. The lowest BCUT2D eigenvalue weighted by atomic mass is 9.99. The van der Waals surface area contributed by atoms with E-state index in [1.807, 2.05) is 6.08 Å². The summed E-state index contributed by atoms with van der Waals surface area (Å²) in [5, 5.41) is 53.9. The molecule has 9 nitrogen and oxygen atoms in total. The lowest BCUT2D eigenvalue weighted by Gasteiger charge is -2.40. The highest BCUT2D eigenvalue weighted by atomic mass is 16.7. The van der Waals surface area contributed by atoms with Crippen LogP contribution in [0.4, 0.5) is 0 Å². The van der Waals surface area contributed by atoms with Crippen molar-refractivity contribution < 1.29 is 39.8 Å². The third-order valence-electron chi connectivity index (χ3n) is 8.79. The second-order valence-corrected chi connectivity index (χ2v) is 13.7. The largest absolute Gasteiger partial charge is 0.394 e. The van der Waals surface area contributed by atoms with E-state index in [2.05, 4.69) is 116 Å². The van der Waals surface area contributed by atoms with Gasteiger partial charge in [-0.2, -0.15) is 0 Å². The van der Waals surface area contributed by atoms with Crippen LogP contribution >= 0.6 is 0 Å². The molecule has 1 rings (SSSR count). The van der Waals surface area contributed by atoms with E-state index in [-0.39, 0.29) is 18.9 Å². The number of amides is 1.